The van der Waals surface area contributed by atoms with Crippen molar-refractivity contribution in [1.82, 2.24) is 0 Å². The predicted molar refractivity (Wildman–Crippen MR) is 77.4 cm³/mol. The lowest BCUT2D eigenvalue weighted by Gasteiger charge is -2.14. The summed E-state index contributed by atoms with van der Waals surface area (Å²) < 4.78 is 0. The molecule has 1 N–H and O–H groups in total. The molecule has 100 valence electrons. The molecule has 2 rings (SSSR count). The lowest BCUT2D eigenvalue weighted by Crippen LogP contribution is -2.10. The molecule has 20 heavy (non-hydrogen) atoms. The number of hydrogen-bond acceptors (Lipinski definition) is 2. The number of benzene rings is 2. The molecule has 0 saturated carbocycles. The van der Waals surface area contributed by atoms with E-state index in [9.17, 15) is 10.1 Å². The summed E-state index contributed by atoms with van der Waals surface area (Å²) in [7, 11) is 0. The Morgan fingerprint density at radius 3 is 2.40 bits per heavy atom. The first kappa shape index (κ1) is 13.8. The Balaban J connectivity index is 2.62. The van der Waals surface area contributed by atoms with Crippen molar-refractivity contribution in [3.63, 3.8) is 0 Å². The molecule has 0 aromatic heterocycles. The highest BCUT2D eigenvalue weighted by Crippen LogP contribution is 2.30. The van der Waals surface area contributed by atoms with Gasteiger partial charge in [-0.15, -0.1) is 0 Å². The van der Waals surface area contributed by atoms with Crippen LogP contribution in [0.25, 0.3) is 11.1 Å². The van der Waals surface area contributed by atoms with E-state index in [1.165, 1.54) is 0 Å². The zero-order valence-electron chi connectivity index (χ0n) is 11.4. The molecule has 0 aliphatic heterocycles. The van der Waals surface area contributed by atoms with Crippen LogP contribution in [0.3, 0.4) is 0 Å². The molecular formula is C17H15NO2. The second kappa shape index (κ2) is 5.58. The summed E-state index contributed by atoms with van der Waals surface area (Å²) in [6, 6.07) is 15.5. The summed E-state index contributed by atoms with van der Waals surface area (Å²) >= 11 is 0. The summed E-state index contributed by atoms with van der Waals surface area (Å²) in [5.41, 5.74) is 3.84. The molecule has 2 aromatic rings. The second-order valence-electron chi connectivity index (χ2n) is 4.74. The van der Waals surface area contributed by atoms with E-state index in [1.807, 2.05) is 43.3 Å². The third kappa shape index (κ3) is 2.41. The number of hydrogen-bond donors (Lipinski definition) is 1. The molecule has 0 spiro atoms. The molecule has 3 heteroatoms. The van der Waals surface area contributed by atoms with Crippen molar-refractivity contribution >= 4 is 5.97 Å². The average Bonchev–Trinajstić information content (AvgIpc) is 2.46. The third-order valence-electron chi connectivity index (χ3n) is 3.53. The van der Waals surface area contributed by atoms with E-state index >= 15 is 0 Å². The van der Waals surface area contributed by atoms with Crippen molar-refractivity contribution in [2.45, 2.75) is 19.8 Å². The molecule has 0 radical (unpaired) electrons. The van der Waals surface area contributed by atoms with Gasteiger partial charge in [-0.05, 0) is 36.1 Å². The van der Waals surface area contributed by atoms with Crippen LogP contribution in [0.1, 0.15) is 29.5 Å². The Morgan fingerprint density at radius 1 is 1.20 bits per heavy atom. The smallest absolute Gasteiger partial charge is 0.310 e. The van der Waals surface area contributed by atoms with Gasteiger partial charge in [-0.25, -0.2) is 0 Å². The van der Waals surface area contributed by atoms with Gasteiger partial charge in [0.15, 0.2) is 0 Å². The molecule has 0 amide bonds. The van der Waals surface area contributed by atoms with Crippen molar-refractivity contribution in [2.24, 2.45) is 0 Å². The van der Waals surface area contributed by atoms with E-state index < -0.39 is 11.9 Å². The van der Waals surface area contributed by atoms with Crippen LogP contribution < -0.4 is 0 Å². The molecule has 2 aromatic carbocycles. The van der Waals surface area contributed by atoms with Crippen LogP contribution in [-0.2, 0) is 4.79 Å². The normalized spacial score (nSPS) is 11.7. The Labute approximate surface area is 118 Å². The molecular weight excluding hydrogens is 250 g/mol. The van der Waals surface area contributed by atoms with Gasteiger partial charge in [0.2, 0.25) is 0 Å². The van der Waals surface area contributed by atoms with Crippen molar-refractivity contribution in [2.75, 3.05) is 0 Å². The van der Waals surface area contributed by atoms with Gasteiger partial charge in [0.1, 0.15) is 0 Å². The first-order chi connectivity index (χ1) is 9.56. The van der Waals surface area contributed by atoms with Gasteiger partial charge in [-0.2, -0.15) is 5.26 Å². The molecule has 3 nitrogen and oxygen atoms in total. The quantitative estimate of drug-likeness (QED) is 0.920. The van der Waals surface area contributed by atoms with Crippen molar-refractivity contribution in [3.05, 3.63) is 59.2 Å². The Hall–Kier alpha value is -2.60. The van der Waals surface area contributed by atoms with Gasteiger partial charge < -0.3 is 5.11 Å². The minimum atomic E-state index is -0.923. The Morgan fingerprint density at radius 2 is 1.85 bits per heavy atom. The maximum absolute atomic E-state index is 11.1. The third-order valence-corrected chi connectivity index (χ3v) is 3.53. The Bertz CT molecular complexity index is 684. The van der Waals surface area contributed by atoms with E-state index in [1.54, 1.807) is 13.0 Å². The lowest BCUT2D eigenvalue weighted by molar-refractivity contribution is -0.138. The minimum Gasteiger partial charge on any atom is -0.481 e. The van der Waals surface area contributed by atoms with E-state index in [0.29, 0.717) is 11.1 Å². The van der Waals surface area contributed by atoms with E-state index in [2.05, 4.69) is 6.07 Å². The van der Waals surface area contributed by atoms with Crippen LogP contribution in [0, 0.1) is 18.3 Å². The summed E-state index contributed by atoms with van der Waals surface area (Å²) in [5.74, 6) is -1.61. The number of carbonyl (C=O) groups is 1. The molecule has 0 aliphatic rings. The predicted octanol–water partition coefficient (Wildman–Crippen LogP) is 3.72. The van der Waals surface area contributed by atoms with Crippen LogP contribution >= 0.6 is 0 Å². The maximum Gasteiger partial charge on any atom is 0.310 e. The van der Waals surface area contributed by atoms with Crippen LogP contribution in [0.15, 0.2) is 42.5 Å². The van der Waals surface area contributed by atoms with Crippen LogP contribution in [0.2, 0.25) is 0 Å². The Kier molecular flexibility index (Phi) is 3.86. The summed E-state index contributed by atoms with van der Waals surface area (Å²) in [6.45, 7) is 3.46. The molecule has 0 saturated heterocycles. The van der Waals surface area contributed by atoms with Crippen LogP contribution in [0.4, 0.5) is 0 Å². The number of nitriles is 1. The van der Waals surface area contributed by atoms with Crippen LogP contribution in [-0.4, -0.2) is 11.1 Å². The van der Waals surface area contributed by atoms with Crippen molar-refractivity contribution < 1.29 is 9.90 Å². The SMILES string of the molecule is Cc1c(-c2ccccc2)ccc(C(C)C(=O)O)c1C#N. The summed E-state index contributed by atoms with van der Waals surface area (Å²) in [6.07, 6.45) is 0. The fourth-order valence-electron chi connectivity index (χ4n) is 2.31. The number of aliphatic carboxylic acids is 1. The molecule has 0 heterocycles. The largest absolute Gasteiger partial charge is 0.481 e. The van der Waals surface area contributed by atoms with Gasteiger partial charge in [0.25, 0.3) is 0 Å². The van der Waals surface area contributed by atoms with Gasteiger partial charge >= 0.3 is 5.97 Å². The highest BCUT2D eigenvalue weighted by atomic mass is 16.4. The van der Waals surface area contributed by atoms with E-state index in [0.717, 1.165) is 16.7 Å². The van der Waals surface area contributed by atoms with Gasteiger partial charge in [0.05, 0.1) is 17.6 Å². The zero-order valence-corrected chi connectivity index (χ0v) is 11.4. The van der Waals surface area contributed by atoms with Gasteiger partial charge in [0, 0.05) is 0 Å². The maximum atomic E-state index is 11.1. The van der Waals surface area contributed by atoms with Crippen molar-refractivity contribution in [1.29, 1.82) is 5.26 Å². The lowest BCUT2D eigenvalue weighted by atomic mass is 9.88. The minimum absolute atomic E-state index is 0.459. The van der Waals surface area contributed by atoms with Crippen LogP contribution in [0.5, 0.6) is 0 Å². The number of rotatable bonds is 3. The number of carboxylic acids is 1. The first-order valence-electron chi connectivity index (χ1n) is 6.38. The highest BCUT2D eigenvalue weighted by molar-refractivity contribution is 5.79. The fraction of sp³-hybridized carbons (Fsp3) is 0.176. The van der Waals surface area contributed by atoms with Gasteiger partial charge in [-0.3, -0.25) is 4.79 Å². The number of nitrogens with zero attached hydrogens (tertiary/aromatic N) is 1. The van der Waals surface area contributed by atoms with Gasteiger partial charge in [-0.1, -0.05) is 42.5 Å². The van der Waals surface area contributed by atoms with E-state index in [4.69, 9.17) is 5.11 Å². The molecule has 0 bridgehead atoms. The monoisotopic (exact) mass is 265 g/mol. The summed E-state index contributed by atoms with van der Waals surface area (Å²) in [4.78, 5) is 11.1. The molecule has 0 aliphatic carbocycles. The van der Waals surface area contributed by atoms with E-state index in [-0.39, 0.29) is 0 Å². The topological polar surface area (TPSA) is 61.1 Å². The highest BCUT2D eigenvalue weighted by Gasteiger charge is 2.20. The number of carboxylic acid groups (broad SMARTS) is 1. The summed E-state index contributed by atoms with van der Waals surface area (Å²) in [5, 5.41) is 18.5. The second-order valence-corrected chi connectivity index (χ2v) is 4.74. The molecule has 1 atom stereocenters. The first-order valence-corrected chi connectivity index (χ1v) is 6.38. The zero-order chi connectivity index (χ0) is 14.7. The average molecular weight is 265 g/mol. The standard InChI is InChI=1S/C17H15NO2/c1-11-14(13-6-4-3-5-7-13)8-9-15(16(11)10-18)12(2)17(19)20/h3-9,12H,1-2H3,(H,19,20). The molecule has 1 unspecified atom stereocenters. The fourth-order valence-corrected chi connectivity index (χ4v) is 2.31. The van der Waals surface area contributed by atoms with Crippen molar-refractivity contribution in [3.8, 4) is 17.2 Å². The molecule has 0 fully saturated rings.